The summed E-state index contributed by atoms with van der Waals surface area (Å²) in [5, 5.41) is 5.29. The van der Waals surface area contributed by atoms with E-state index in [0.717, 1.165) is 22.3 Å². The van der Waals surface area contributed by atoms with E-state index in [1.807, 2.05) is 79.7 Å². The monoisotopic (exact) mass is 700 g/mol. The minimum atomic E-state index is -0.346. The number of aryl methyl sites for hydroxylation is 1. The Morgan fingerprint density at radius 1 is 0.692 bits per heavy atom. The van der Waals surface area contributed by atoms with Crippen LogP contribution in [0.25, 0.3) is 0 Å². The Labute approximate surface area is 305 Å². The van der Waals surface area contributed by atoms with E-state index in [-0.39, 0.29) is 29.0 Å². The van der Waals surface area contributed by atoms with Crippen molar-refractivity contribution >= 4 is 23.6 Å². The maximum absolute atomic E-state index is 13.3. The Balaban J connectivity index is 1.24. The number of benzene rings is 4. The molecule has 4 aromatic rings. The van der Waals surface area contributed by atoms with Crippen molar-refractivity contribution in [2.24, 2.45) is 0 Å². The van der Waals surface area contributed by atoms with Gasteiger partial charge in [-0.3, -0.25) is 34.2 Å². The first-order chi connectivity index (χ1) is 24.7. The summed E-state index contributed by atoms with van der Waals surface area (Å²) in [6, 6.07) is 26.4. The highest BCUT2D eigenvalue weighted by Crippen LogP contribution is 2.36. The van der Waals surface area contributed by atoms with Crippen molar-refractivity contribution in [2.75, 3.05) is 21.1 Å². The third-order valence-corrected chi connectivity index (χ3v) is 9.29. The Kier molecular flexibility index (Phi) is 11.0. The fourth-order valence-electron chi connectivity index (χ4n) is 5.86. The number of ether oxygens (including phenoxy) is 2. The lowest BCUT2D eigenvalue weighted by molar-refractivity contribution is -0.136. The third kappa shape index (κ3) is 7.76. The molecule has 0 spiro atoms. The summed E-state index contributed by atoms with van der Waals surface area (Å²) in [5.41, 5.74) is 4.34. The molecule has 0 atom stereocenters. The fraction of sp³-hybridized carbons (Fsp3) is 0.238. The smallest absolute Gasteiger partial charge is 0.273 e. The second kappa shape index (κ2) is 15.4. The summed E-state index contributed by atoms with van der Waals surface area (Å²) in [6.45, 7) is 9.94. The first-order valence-electron chi connectivity index (χ1n) is 17.0. The zero-order valence-electron chi connectivity index (χ0n) is 30.8. The predicted octanol–water partition coefficient (Wildman–Crippen LogP) is 7.83. The molecule has 10 nitrogen and oxygen atoms in total. The summed E-state index contributed by atoms with van der Waals surface area (Å²) in [4.78, 5) is 50.9. The Morgan fingerprint density at radius 3 is 1.75 bits per heavy atom. The number of fused-ring (bicyclic) bond motifs is 1. The summed E-state index contributed by atoms with van der Waals surface area (Å²) in [6.07, 6.45) is 6.10. The highest BCUT2D eigenvalue weighted by Gasteiger charge is 2.32. The van der Waals surface area contributed by atoms with Crippen LogP contribution >= 0.6 is 0 Å². The molecule has 0 bridgehead atoms. The molecule has 0 aromatic heterocycles. The minimum absolute atomic E-state index is 0.251. The van der Waals surface area contributed by atoms with Crippen LogP contribution in [0.3, 0.4) is 0 Å². The van der Waals surface area contributed by atoms with Crippen molar-refractivity contribution in [3.05, 3.63) is 143 Å². The number of rotatable bonds is 10. The van der Waals surface area contributed by atoms with Crippen molar-refractivity contribution in [1.29, 1.82) is 0 Å². The molecule has 0 saturated carbocycles. The number of carbonyl (C=O) groups excluding carboxylic acids is 4. The fourth-order valence-corrected chi connectivity index (χ4v) is 5.86. The van der Waals surface area contributed by atoms with Crippen LogP contribution < -0.4 is 9.47 Å². The summed E-state index contributed by atoms with van der Waals surface area (Å²) >= 11 is 0. The first-order valence-corrected chi connectivity index (χ1v) is 17.0. The molecule has 10 heteroatoms. The quantitative estimate of drug-likeness (QED) is 0.124. The van der Waals surface area contributed by atoms with Gasteiger partial charge >= 0.3 is 0 Å². The zero-order chi connectivity index (χ0) is 37.7. The molecule has 0 radical (unpaired) electrons. The van der Waals surface area contributed by atoms with Gasteiger partial charge in [0.15, 0.2) is 0 Å². The number of hydrogen-bond donors (Lipinski definition) is 0. The third-order valence-electron chi connectivity index (χ3n) is 9.29. The van der Waals surface area contributed by atoms with Crippen molar-refractivity contribution < 1.29 is 28.7 Å². The highest BCUT2D eigenvalue weighted by atomic mass is 16.5. The number of amides is 4. The Morgan fingerprint density at radius 2 is 1.19 bits per heavy atom. The number of allylic oxidation sites excluding steroid dienone is 2. The van der Waals surface area contributed by atoms with Crippen molar-refractivity contribution in [3.8, 4) is 23.0 Å². The maximum Gasteiger partial charge on any atom is 0.273 e. The highest BCUT2D eigenvalue weighted by molar-refractivity contribution is 6.00. The lowest BCUT2D eigenvalue weighted by Gasteiger charge is -2.28. The van der Waals surface area contributed by atoms with E-state index in [1.54, 1.807) is 59.3 Å². The zero-order valence-corrected chi connectivity index (χ0v) is 30.8. The van der Waals surface area contributed by atoms with Gasteiger partial charge < -0.3 is 9.47 Å². The maximum atomic E-state index is 13.3. The Bertz CT molecular complexity index is 2050. The lowest BCUT2D eigenvalue weighted by Crippen LogP contribution is -2.44. The van der Waals surface area contributed by atoms with Crippen molar-refractivity contribution in [3.63, 3.8) is 0 Å². The van der Waals surface area contributed by atoms with Crippen LogP contribution in [0, 0.1) is 6.92 Å². The van der Waals surface area contributed by atoms with Gasteiger partial charge in [-0.2, -0.15) is 0 Å². The number of hydrogen-bond acceptors (Lipinski definition) is 6. The number of nitrogens with zero attached hydrogens (tertiary/aromatic N) is 4. The molecule has 0 unspecified atom stereocenters. The van der Waals surface area contributed by atoms with Crippen LogP contribution in [0.4, 0.5) is 0 Å². The standard InChI is InChI=1S/C42H44N4O6/c1-9-11-38(47)43(6)45(8)40(49)36-25-34(19-13-28(36)3)51-32-21-15-30(16-22-32)42(4,5)31-17-23-33(24-18-31)52-35-20-14-29-27-46(41(50)37(29)26-35)44(7)39(48)12-10-2/h9-26H,27H2,1-8H3/b11-9-,12-10-. The molecule has 1 heterocycles. The average Bonchev–Trinajstić information content (AvgIpc) is 3.46. The second-order valence-electron chi connectivity index (χ2n) is 13.1. The normalized spacial score (nSPS) is 12.6. The van der Waals surface area contributed by atoms with Gasteiger partial charge in [-0.1, -0.05) is 62.4 Å². The molecule has 268 valence electrons. The lowest BCUT2D eigenvalue weighted by atomic mass is 9.78. The molecule has 0 fully saturated rings. The van der Waals surface area contributed by atoms with E-state index in [0.29, 0.717) is 40.7 Å². The SMILES string of the molecule is C/C=C\C(=O)N(C)N(C)C(=O)c1cc(Oc2ccc(C(C)(C)c3ccc(Oc4ccc5c(c4)C(=O)N(N(C)C(=O)/C=C\C)C5)cc3)cc2)ccc1C. The molecule has 52 heavy (non-hydrogen) atoms. The van der Waals surface area contributed by atoms with Crippen LogP contribution in [-0.4, -0.2) is 64.8 Å². The molecular weight excluding hydrogens is 656 g/mol. The van der Waals surface area contributed by atoms with E-state index < -0.39 is 0 Å². The molecule has 0 aliphatic carbocycles. The van der Waals surface area contributed by atoms with Gasteiger partial charge in [0.25, 0.3) is 23.6 Å². The van der Waals surface area contributed by atoms with Crippen molar-refractivity contribution in [2.45, 2.75) is 46.6 Å². The van der Waals surface area contributed by atoms with E-state index in [1.165, 1.54) is 32.2 Å². The van der Waals surface area contributed by atoms with E-state index in [9.17, 15) is 19.2 Å². The van der Waals surface area contributed by atoms with Crippen molar-refractivity contribution in [1.82, 2.24) is 20.0 Å². The molecule has 4 amide bonds. The van der Waals surface area contributed by atoms with Gasteiger partial charge in [-0.05, 0) is 91.6 Å². The summed E-state index contributed by atoms with van der Waals surface area (Å²) in [5.74, 6) is 1.13. The molecular formula is C42H44N4O6. The molecule has 1 aliphatic rings. The Hall–Kier alpha value is -6.16. The summed E-state index contributed by atoms with van der Waals surface area (Å²) < 4.78 is 12.3. The first kappa shape index (κ1) is 37.1. The van der Waals surface area contributed by atoms with E-state index in [2.05, 4.69) is 13.8 Å². The molecule has 0 saturated heterocycles. The van der Waals surface area contributed by atoms with Gasteiger partial charge in [0.05, 0.1) is 12.1 Å². The van der Waals surface area contributed by atoms with Crippen LogP contribution in [0.15, 0.2) is 109 Å². The van der Waals surface area contributed by atoms with E-state index >= 15 is 0 Å². The average molecular weight is 701 g/mol. The van der Waals surface area contributed by atoms with Gasteiger partial charge in [-0.15, -0.1) is 0 Å². The van der Waals surface area contributed by atoms with Gasteiger partial charge in [-0.25, -0.2) is 5.01 Å². The number of likely N-dealkylation sites (N-methyl/N-ethyl adjacent to an activating group) is 2. The molecule has 0 N–H and O–H groups in total. The second-order valence-corrected chi connectivity index (χ2v) is 13.1. The molecule has 5 rings (SSSR count). The van der Waals surface area contributed by atoms with Gasteiger partial charge in [0, 0.05) is 44.3 Å². The number of hydrazine groups is 2. The number of carbonyl (C=O) groups is 4. The van der Waals surface area contributed by atoms with Crippen LogP contribution in [-0.2, 0) is 21.5 Å². The van der Waals surface area contributed by atoms with Gasteiger partial charge in [0.1, 0.15) is 23.0 Å². The minimum Gasteiger partial charge on any atom is -0.457 e. The predicted molar refractivity (Wildman–Crippen MR) is 200 cm³/mol. The van der Waals surface area contributed by atoms with Crippen LogP contribution in [0.1, 0.15) is 70.7 Å². The molecule has 1 aliphatic heterocycles. The van der Waals surface area contributed by atoms with Gasteiger partial charge in [0.2, 0.25) is 0 Å². The summed E-state index contributed by atoms with van der Waals surface area (Å²) in [7, 11) is 4.69. The topological polar surface area (TPSA) is 99.7 Å². The molecule has 4 aromatic carbocycles. The van der Waals surface area contributed by atoms with E-state index in [4.69, 9.17) is 9.47 Å². The van der Waals surface area contributed by atoms with Crippen LogP contribution in [0.2, 0.25) is 0 Å². The largest absolute Gasteiger partial charge is 0.457 e. The van der Waals surface area contributed by atoms with Crippen LogP contribution in [0.5, 0.6) is 23.0 Å².